The van der Waals surface area contributed by atoms with Gasteiger partial charge in [0.05, 0.1) is 40.5 Å². The molecule has 0 aliphatic carbocycles. The van der Waals surface area contributed by atoms with E-state index in [0.29, 0.717) is 5.75 Å². The molecule has 1 amide bonds. The van der Waals surface area contributed by atoms with Gasteiger partial charge in [-0.2, -0.15) is 5.10 Å². The summed E-state index contributed by atoms with van der Waals surface area (Å²) in [6.45, 7) is 2.64. The fourth-order valence-electron chi connectivity index (χ4n) is 4.03. The number of hydrogen-bond acceptors (Lipinski definition) is 4. The maximum atomic E-state index is 13.4. The predicted molar refractivity (Wildman–Crippen MR) is 112 cm³/mol. The van der Waals surface area contributed by atoms with E-state index in [2.05, 4.69) is 46.8 Å². The average Bonchev–Trinajstić information content (AvgIpc) is 3.07. The number of carbonyl (C=O) groups is 1. The Labute approximate surface area is 168 Å². The molecule has 5 rings (SSSR count). The molecule has 2 aliphatic heterocycles. The summed E-state index contributed by atoms with van der Waals surface area (Å²) in [6.07, 6.45) is 3.80. The fourth-order valence-corrected chi connectivity index (χ4v) is 4.90. The number of rotatable bonds is 3. The van der Waals surface area contributed by atoms with Gasteiger partial charge in [-0.1, -0.05) is 36.4 Å². The lowest BCUT2D eigenvalue weighted by atomic mass is 10.0. The molecule has 1 aromatic heterocycles. The number of nitrogens with zero attached hydrogens (tertiary/aromatic N) is 3. The highest BCUT2D eigenvalue weighted by Crippen LogP contribution is 2.37. The highest BCUT2D eigenvalue weighted by molar-refractivity contribution is 8.00. The van der Waals surface area contributed by atoms with Gasteiger partial charge in [-0.05, 0) is 36.1 Å². The van der Waals surface area contributed by atoms with Gasteiger partial charge in [0.15, 0.2) is 0 Å². The molecule has 3 heterocycles. The molecular weight excluding hydrogens is 368 g/mol. The lowest BCUT2D eigenvalue weighted by Crippen LogP contribution is -2.29. The van der Waals surface area contributed by atoms with Gasteiger partial charge in [-0.3, -0.25) is 14.4 Å². The van der Waals surface area contributed by atoms with E-state index in [4.69, 9.17) is 0 Å². The minimum absolute atomic E-state index is 0.107. The molecule has 0 saturated heterocycles. The van der Waals surface area contributed by atoms with Gasteiger partial charge in [0.2, 0.25) is 5.91 Å². The summed E-state index contributed by atoms with van der Waals surface area (Å²) in [4.78, 5) is 16.4. The summed E-state index contributed by atoms with van der Waals surface area (Å²) in [5, 5.41) is 7.85. The summed E-state index contributed by atoms with van der Waals surface area (Å²) in [7, 11) is 0. The molecule has 2 aliphatic rings. The van der Waals surface area contributed by atoms with Gasteiger partial charge in [-0.15, -0.1) is 11.8 Å². The highest BCUT2D eigenvalue weighted by Gasteiger charge is 2.26. The maximum absolute atomic E-state index is 13.4. The largest absolute Gasteiger partial charge is 0.309 e. The summed E-state index contributed by atoms with van der Waals surface area (Å²) in [5.41, 5.74) is 5.66. The number of fused-ring (bicyclic) bond motifs is 3. The average molecular weight is 391 g/mol. The quantitative estimate of drug-likeness (QED) is 0.695. The number of benzene rings is 2. The first-order chi connectivity index (χ1) is 13.8. The molecule has 6 heteroatoms. The van der Waals surface area contributed by atoms with Crippen LogP contribution in [-0.2, 0) is 30.7 Å². The molecule has 28 heavy (non-hydrogen) atoms. The normalized spacial score (nSPS) is 15.4. The Balaban J connectivity index is 1.45. The maximum Gasteiger partial charge on any atom is 0.241 e. The summed E-state index contributed by atoms with van der Waals surface area (Å²) in [6, 6.07) is 16.5. The Kier molecular flexibility index (Phi) is 4.66. The van der Waals surface area contributed by atoms with Gasteiger partial charge in [0.1, 0.15) is 0 Å². The topological polar surface area (TPSA) is 50.2 Å². The molecule has 0 bridgehead atoms. The van der Waals surface area contributed by atoms with Crippen molar-refractivity contribution >= 4 is 29.0 Å². The lowest BCUT2D eigenvalue weighted by Gasteiger charge is -2.25. The van der Waals surface area contributed by atoms with Crippen molar-refractivity contribution in [2.24, 2.45) is 0 Å². The molecule has 0 fully saturated rings. The van der Waals surface area contributed by atoms with Crippen molar-refractivity contribution in [1.82, 2.24) is 15.1 Å². The minimum Gasteiger partial charge on any atom is -0.309 e. The monoisotopic (exact) mass is 390 g/mol. The van der Waals surface area contributed by atoms with E-state index in [-0.39, 0.29) is 5.91 Å². The number of thioether (sulfide) groups is 1. The number of anilines is 2. The third kappa shape index (κ3) is 3.12. The smallest absolute Gasteiger partial charge is 0.241 e. The van der Waals surface area contributed by atoms with Crippen LogP contribution in [0.15, 0.2) is 59.6 Å². The Morgan fingerprint density at radius 2 is 1.71 bits per heavy atom. The Hall–Kier alpha value is -2.57. The van der Waals surface area contributed by atoms with Crippen LogP contribution in [0.5, 0.6) is 0 Å². The summed E-state index contributed by atoms with van der Waals surface area (Å²) in [5.74, 6) is 0.497. The molecule has 5 nitrogen and oxygen atoms in total. The Morgan fingerprint density at radius 1 is 1.04 bits per heavy atom. The second kappa shape index (κ2) is 7.45. The first-order valence-corrected chi connectivity index (χ1v) is 10.7. The second-order valence-corrected chi connectivity index (χ2v) is 8.15. The van der Waals surface area contributed by atoms with Crippen LogP contribution in [0.25, 0.3) is 0 Å². The first kappa shape index (κ1) is 17.5. The van der Waals surface area contributed by atoms with Gasteiger partial charge in [-0.25, -0.2) is 0 Å². The lowest BCUT2D eigenvalue weighted by molar-refractivity contribution is -0.115. The first-order valence-electron chi connectivity index (χ1n) is 9.68. The molecule has 0 atom stereocenters. The van der Waals surface area contributed by atoms with E-state index in [0.717, 1.165) is 48.7 Å². The number of aromatic nitrogens is 2. The molecule has 0 unspecified atom stereocenters. The molecule has 142 valence electrons. The van der Waals surface area contributed by atoms with Crippen LogP contribution in [0, 0.1) is 0 Å². The molecule has 2 aromatic carbocycles. The minimum atomic E-state index is 0.107. The molecular formula is C22H22N4OS. The SMILES string of the molecule is O=C(CSc1cnn2c1CNCC2)N1c2ccccc2CCc2ccccc21. The molecule has 0 saturated carbocycles. The van der Waals surface area contributed by atoms with E-state index in [1.165, 1.54) is 16.8 Å². The molecule has 3 aromatic rings. The molecule has 0 radical (unpaired) electrons. The van der Waals surface area contributed by atoms with Crippen molar-refractivity contribution in [3.8, 4) is 0 Å². The number of aryl methyl sites for hydroxylation is 2. The summed E-state index contributed by atoms with van der Waals surface area (Å²) < 4.78 is 2.04. The van der Waals surface area contributed by atoms with Gasteiger partial charge >= 0.3 is 0 Å². The van der Waals surface area contributed by atoms with Crippen molar-refractivity contribution in [2.45, 2.75) is 30.8 Å². The van der Waals surface area contributed by atoms with Crippen molar-refractivity contribution < 1.29 is 4.79 Å². The third-order valence-corrected chi connectivity index (χ3v) is 6.48. The van der Waals surface area contributed by atoms with Crippen molar-refractivity contribution in [3.63, 3.8) is 0 Å². The number of carbonyl (C=O) groups excluding carboxylic acids is 1. The predicted octanol–water partition coefficient (Wildman–Crippen LogP) is 3.54. The van der Waals surface area contributed by atoms with Crippen molar-refractivity contribution in [3.05, 3.63) is 71.5 Å². The fraction of sp³-hybridized carbons (Fsp3) is 0.273. The zero-order valence-corrected chi connectivity index (χ0v) is 16.4. The van der Waals surface area contributed by atoms with Gasteiger partial charge < -0.3 is 5.32 Å². The zero-order chi connectivity index (χ0) is 18.9. The number of hydrogen-bond donors (Lipinski definition) is 1. The van der Waals surface area contributed by atoms with E-state index in [9.17, 15) is 4.79 Å². The standard InChI is InChI=1S/C22H22N4OS/c27-22(15-28-21-14-24-25-12-11-23-13-20(21)25)26-18-7-3-1-5-16(18)9-10-17-6-2-4-8-19(17)26/h1-8,14,23H,9-13,15H2. The third-order valence-electron chi connectivity index (χ3n) is 5.43. The van der Waals surface area contributed by atoms with Crippen LogP contribution in [-0.4, -0.2) is 28.0 Å². The van der Waals surface area contributed by atoms with Crippen LogP contribution in [0.4, 0.5) is 11.4 Å². The van der Waals surface area contributed by atoms with E-state index >= 15 is 0 Å². The Morgan fingerprint density at radius 3 is 2.43 bits per heavy atom. The Bertz CT molecular complexity index is 981. The van der Waals surface area contributed by atoms with Crippen molar-refractivity contribution in [2.75, 3.05) is 17.2 Å². The molecule has 1 N–H and O–H groups in total. The number of para-hydroxylation sites is 2. The van der Waals surface area contributed by atoms with Crippen LogP contribution in [0.2, 0.25) is 0 Å². The van der Waals surface area contributed by atoms with E-state index in [1.54, 1.807) is 11.8 Å². The van der Waals surface area contributed by atoms with Gasteiger partial charge in [0.25, 0.3) is 0 Å². The number of amides is 1. The summed E-state index contributed by atoms with van der Waals surface area (Å²) >= 11 is 1.59. The second-order valence-electron chi connectivity index (χ2n) is 7.13. The number of nitrogens with one attached hydrogen (secondary N) is 1. The van der Waals surface area contributed by atoms with Crippen molar-refractivity contribution in [1.29, 1.82) is 0 Å². The zero-order valence-electron chi connectivity index (χ0n) is 15.6. The highest BCUT2D eigenvalue weighted by atomic mass is 32.2. The van der Waals surface area contributed by atoms with Crippen LogP contribution in [0.3, 0.4) is 0 Å². The molecule has 0 spiro atoms. The van der Waals surface area contributed by atoms with Gasteiger partial charge in [0, 0.05) is 13.1 Å². The van der Waals surface area contributed by atoms with E-state index in [1.807, 2.05) is 27.9 Å². The van der Waals surface area contributed by atoms with Crippen LogP contribution in [0.1, 0.15) is 16.8 Å². The van der Waals surface area contributed by atoms with Crippen LogP contribution >= 0.6 is 11.8 Å². The van der Waals surface area contributed by atoms with E-state index < -0.39 is 0 Å². The van der Waals surface area contributed by atoms with Crippen LogP contribution < -0.4 is 10.2 Å².